The smallest absolute Gasteiger partial charge is 0.326 e. The summed E-state index contributed by atoms with van der Waals surface area (Å²) in [6, 6.07) is 14.9. The van der Waals surface area contributed by atoms with Gasteiger partial charge in [0.05, 0.1) is 11.4 Å². The van der Waals surface area contributed by atoms with Gasteiger partial charge in [0.15, 0.2) is 6.61 Å². The molecule has 0 saturated heterocycles. The molecule has 1 amide bonds. The first-order chi connectivity index (χ1) is 13.5. The Bertz CT molecular complexity index is 1090. The first kappa shape index (κ1) is 18.3. The highest BCUT2D eigenvalue weighted by atomic mass is 32.2. The Morgan fingerprint density at radius 1 is 1.14 bits per heavy atom. The number of benzene rings is 2. The molecule has 6 nitrogen and oxygen atoms in total. The molecule has 0 spiro atoms. The molecule has 28 heavy (non-hydrogen) atoms. The number of hydrogen-bond donors (Lipinski definition) is 1. The molecular weight excluding hydrogens is 376 g/mol. The van der Waals surface area contributed by atoms with Crippen LogP contribution >= 0.6 is 11.8 Å². The first-order valence-corrected chi connectivity index (χ1v) is 9.81. The molecule has 0 radical (unpaired) electrons. The number of Topliss-reactive ketones (excluding diaryl/α,β-unsaturated/α-hetero) is 1. The highest BCUT2D eigenvalue weighted by molar-refractivity contribution is 8.00. The SMILES string of the molecule is Cc1[nH]c2ccccc2c1C(=O)COC(=O)CN1C(=O)CSc2ccccc21. The van der Waals surface area contributed by atoms with Gasteiger partial charge < -0.3 is 9.72 Å². The topological polar surface area (TPSA) is 79.5 Å². The van der Waals surface area contributed by atoms with Crippen LogP contribution in [0.25, 0.3) is 10.9 Å². The van der Waals surface area contributed by atoms with E-state index < -0.39 is 5.97 Å². The highest BCUT2D eigenvalue weighted by Gasteiger charge is 2.27. The highest BCUT2D eigenvalue weighted by Crippen LogP contribution is 2.34. The maximum atomic E-state index is 12.6. The maximum absolute atomic E-state index is 12.6. The normalized spacial score (nSPS) is 13.5. The number of nitrogens with zero attached hydrogens (tertiary/aromatic N) is 1. The number of hydrogen-bond acceptors (Lipinski definition) is 5. The van der Waals surface area contributed by atoms with E-state index in [0.29, 0.717) is 11.3 Å². The third kappa shape index (κ3) is 3.41. The van der Waals surface area contributed by atoms with Crippen LogP contribution in [-0.2, 0) is 14.3 Å². The zero-order valence-electron chi connectivity index (χ0n) is 15.2. The number of amides is 1. The fraction of sp³-hybridized carbons (Fsp3) is 0.190. The summed E-state index contributed by atoms with van der Waals surface area (Å²) in [7, 11) is 0. The Hall–Kier alpha value is -3.06. The maximum Gasteiger partial charge on any atom is 0.326 e. The molecule has 3 aromatic rings. The number of para-hydroxylation sites is 2. The van der Waals surface area contributed by atoms with Crippen LogP contribution in [0.2, 0.25) is 0 Å². The van der Waals surface area contributed by atoms with Gasteiger partial charge in [0.25, 0.3) is 0 Å². The van der Waals surface area contributed by atoms with Crippen molar-refractivity contribution < 1.29 is 19.1 Å². The number of fused-ring (bicyclic) bond motifs is 2. The molecule has 2 aromatic carbocycles. The quantitative estimate of drug-likeness (QED) is 0.530. The van der Waals surface area contributed by atoms with Gasteiger partial charge in [0.1, 0.15) is 6.54 Å². The number of carbonyl (C=O) groups is 3. The van der Waals surface area contributed by atoms with Crippen LogP contribution in [0.15, 0.2) is 53.4 Å². The van der Waals surface area contributed by atoms with Crippen molar-refractivity contribution in [2.45, 2.75) is 11.8 Å². The summed E-state index contributed by atoms with van der Waals surface area (Å²) in [5.74, 6) is -0.762. The van der Waals surface area contributed by atoms with E-state index in [1.54, 1.807) is 6.07 Å². The molecule has 1 aliphatic rings. The zero-order valence-corrected chi connectivity index (χ0v) is 16.0. The Morgan fingerprint density at radius 3 is 2.75 bits per heavy atom. The number of aryl methyl sites for hydroxylation is 1. The number of aromatic nitrogens is 1. The van der Waals surface area contributed by atoms with Crippen molar-refractivity contribution in [2.75, 3.05) is 23.8 Å². The van der Waals surface area contributed by atoms with Crippen molar-refractivity contribution >= 4 is 46.0 Å². The van der Waals surface area contributed by atoms with Crippen molar-refractivity contribution in [3.8, 4) is 0 Å². The molecule has 7 heteroatoms. The second-order valence-electron chi connectivity index (χ2n) is 6.49. The van der Waals surface area contributed by atoms with E-state index in [0.717, 1.165) is 21.5 Å². The fourth-order valence-corrected chi connectivity index (χ4v) is 4.29. The summed E-state index contributed by atoms with van der Waals surface area (Å²) >= 11 is 1.45. The van der Waals surface area contributed by atoms with Crippen molar-refractivity contribution in [1.29, 1.82) is 0 Å². The number of carbonyl (C=O) groups excluding carboxylic acids is 3. The standard InChI is InChI=1S/C21H18N2O4S/c1-13-21(14-6-2-3-7-15(14)22-13)17(24)11-27-20(26)10-23-16-8-4-5-9-18(16)28-12-19(23)25/h2-9,22H,10-12H2,1H3. The van der Waals surface area contributed by atoms with Gasteiger partial charge in [-0.3, -0.25) is 19.3 Å². The van der Waals surface area contributed by atoms with Crippen molar-refractivity contribution in [2.24, 2.45) is 0 Å². The fourth-order valence-electron chi connectivity index (χ4n) is 3.36. The van der Waals surface area contributed by atoms with Crippen molar-refractivity contribution in [3.63, 3.8) is 0 Å². The number of anilines is 1. The Kier molecular flexibility index (Phi) is 4.92. The summed E-state index contributed by atoms with van der Waals surface area (Å²) in [6.45, 7) is 1.24. The number of ether oxygens (including phenoxy) is 1. The molecule has 0 saturated carbocycles. The minimum atomic E-state index is -0.610. The van der Waals surface area contributed by atoms with E-state index in [-0.39, 0.29) is 30.6 Å². The predicted octanol–water partition coefficient (Wildman–Crippen LogP) is 3.34. The van der Waals surface area contributed by atoms with Crippen molar-refractivity contribution in [1.82, 2.24) is 4.98 Å². The van der Waals surface area contributed by atoms with Gasteiger partial charge >= 0.3 is 5.97 Å². The van der Waals surface area contributed by atoms with Crippen LogP contribution in [0.5, 0.6) is 0 Å². The molecule has 142 valence electrons. The van der Waals surface area contributed by atoms with Gasteiger partial charge in [-0.05, 0) is 25.1 Å². The van der Waals surface area contributed by atoms with E-state index >= 15 is 0 Å². The molecular formula is C21H18N2O4S. The van der Waals surface area contributed by atoms with E-state index in [9.17, 15) is 14.4 Å². The van der Waals surface area contributed by atoms with Gasteiger partial charge in [0, 0.05) is 27.1 Å². The monoisotopic (exact) mass is 394 g/mol. The number of thioether (sulfide) groups is 1. The van der Waals surface area contributed by atoms with Crippen LogP contribution in [0.4, 0.5) is 5.69 Å². The third-order valence-electron chi connectivity index (χ3n) is 4.63. The molecule has 0 aliphatic carbocycles. The zero-order chi connectivity index (χ0) is 19.7. The van der Waals surface area contributed by atoms with Crippen LogP contribution < -0.4 is 4.90 Å². The molecule has 1 aliphatic heterocycles. The molecule has 0 unspecified atom stereocenters. The lowest BCUT2D eigenvalue weighted by atomic mass is 10.1. The van der Waals surface area contributed by atoms with E-state index in [1.807, 2.05) is 49.4 Å². The minimum Gasteiger partial charge on any atom is -0.456 e. The van der Waals surface area contributed by atoms with E-state index in [1.165, 1.54) is 16.7 Å². The second-order valence-corrected chi connectivity index (χ2v) is 7.51. The number of rotatable bonds is 5. The van der Waals surface area contributed by atoms with Gasteiger partial charge in [-0.15, -0.1) is 11.8 Å². The molecule has 1 aromatic heterocycles. The molecule has 1 N–H and O–H groups in total. The lowest BCUT2D eigenvalue weighted by Crippen LogP contribution is -2.40. The van der Waals surface area contributed by atoms with Crippen LogP contribution in [0, 0.1) is 6.92 Å². The summed E-state index contributed by atoms with van der Waals surface area (Å²) < 4.78 is 5.19. The lowest BCUT2D eigenvalue weighted by Gasteiger charge is -2.27. The Labute approximate surface area is 165 Å². The Balaban J connectivity index is 1.44. The first-order valence-electron chi connectivity index (χ1n) is 8.83. The van der Waals surface area contributed by atoms with Crippen LogP contribution in [-0.4, -0.2) is 41.5 Å². The number of ketones is 1. The molecule has 0 atom stereocenters. The van der Waals surface area contributed by atoms with Crippen LogP contribution in [0.1, 0.15) is 16.1 Å². The second kappa shape index (κ2) is 7.52. The van der Waals surface area contributed by atoms with Crippen LogP contribution in [0.3, 0.4) is 0 Å². The molecule has 2 heterocycles. The summed E-state index contributed by atoms with van der Waals surface area (Å²) in [5.41, 5.74) is 2.82. The third-order valence-corrected chi connectivity index (χ3v) is 5.68. The predicted molar refractivity (Wildman–Crippen MR) is 108 cm³/mol. The minimum absolute atomic E-state index is 0.153. The number of esters is 1. The number of H-pyrrole nitrogens is 1. The molecule has 0 fully saturated rings. The Morgan fingerprint density at radius 2 is 1.89 bits per heavy atom. The largest absolute Gasteiger partial charge is 0.456 e. The van der Waals surface area contributed by atoms with E-state index in [4.69, 9.17) is 4.74 Å². The molecule has 0 bridgehead atoms. The molecule has 4 rings (SSSR count). The van der Waals surface area contributed by atoms with Gasteiger partial charge in [-0.2, -0.15) is 0 Å². The summed E-state index contributed by atoms with van der Waals surface area (Å²) in [5, 5.41) is 0.804. The van der Waals surface area contributed by atoms with E-state index in [2.05, 4.69) is 4.98 Å². The van der Waals surface area contributed by atoms with Gasteiger partial charge in [0.2, 0.25) is 11.7 Å². The average Bonchev–Trinajstić information content (AvgIpc) is 3.04. The van der Waals surface area contributed by atoms with Crippen molar-refractivity contribution in [3.05, 3.63) is 59.8 Å². The van der Waals surface area contributed by atoms with Gasteiger partial charge in [-0.1, -0.05) is 30.3 Å². The average molecular weight is 394 g/mol. The van der Waals surface area contributed by atoms with Gasteiger partial charge in [-0.25, -0.2) is 0 Å². The lowest BCUT2D eigenvalue weighted by molar-refractivity contribution is -0.141. The number of aromatic amines is 1. The summed E-state index contributed by atoms with van der Waals surface area (Å²) in [6.07, 6.45) is 0. The summed E-state index contributed by atoms with van der Waals surface area (Å²) in [4.78, 5) is 42.7. The number of nitrogens with one attached hydrogen (secondary N) is 1.